The zero-order valence-electron chi connectivity index (χ0n) is 15.5. The molecule has 0 radical (unpaired) electrons. The van der Waals surface area contributed by atoms with Gasteiger partial charge in [-0.25, -0.2) is 0 Å². The molecule has 0 aromatic heterocycles. The maximum atomic E-state index is 12.5. The van der Waals surface area contributed by atoms with Gasteiger partial charge in [0.2, 0.25) is 0 Å². The van der Waals surface area contributed by atoms with Crippen molar-refractivity contribution < 1.29 is 14.3 Å². The Kier molecular flexibility index (Phi) is 7.26. The van der Waals surface area contributed by atoms with Crippen molar-refractivity contribution in [3.63, 3.8) is 0 Å². The third-order valence-electron chi connectivity index (χ3n) is 4.54. The van der Waals surface area contributed by atoms with Gasteiger partial charge in [0.25, 0.3) is 5.91 Å². The standard InChI is InChI=1S/C21H25BrN2O3/c1-16-2-4-17(5-3-16)20(14-24-10-12-26-13-11-24)23-21(25)15-27-19-8-6-18(22)7-9-19/h2-9,20H,10-15H2,1H3,(H,23,25)/t20-/m1/s1. The molecule has 1 heterocycles. The highest BCUT2D eigenvalue weighted by Gasteiger charge is 2.20. The van der Waals surface area contributed by atoms with E-state index < -0.39 is 0 Å². The van der Waals surface area contributed by atoms with Crippen molar-refractivity contribution in [3.8, 4) is 5.75 Å². The monoisotopic (exact) mass is 432 g/mol. The molecule has 5 nitrogen and oxygen atoms in total. The smallest absolute Gasteiger partial charge is 0.258 e. The maximum Gasteiger partial charge on any atom is 0.258 e. The summed E-state index contributed by atoms with van der Waals surface area (Å²) in [6, 6.07) is 15.7. The van der Waals surface area contributed by atoms with Crippen LogP contribution in [0.15, 0.2) is 53.0 Å². The third-order valence-corrected chi connectivity index (χ3v) is 5.07. The van der Waals surface area contributed by atoms with Crippen LogP contribution in [-0.2, 0) is 9.53 Å². The number of amides is 1. The predicted molar refractivity (Wildman–Crippen MR) is 109 cm³/mol. The van der Waals surface area contributed by atoms with Crippen molar-refractivity contribution in [3.05, 3.63) is 64.1 Å². The van der Waals surface area contributed by atoms with E-state index in [0.717, 1.165) is 42.9 Å². The maximum absolute atomic E-state index is 12.5. The molecule has 1 fully saturated rings. The molecule has 1 aliphatic rings. The summed E-state index contributed by atoms with van der Waals surface area (Å²) in [4.78, 5) is 14.8. The lowest BCUT2D eigenvalue weighted by atomic mass is 10.0. The summed E-state index contributed by atoms with van der Waals surface area (Å²) in [7, 11) is 0. The second-order valence-electron chi connectivity index (χ2n) is 6.69. The van der Waals surface area contributed by atoms with Crippen LogP contribution in [0.5, 0.6) is 5.75 Å². The van der Waals surface area contributed by atoms with E-state index in [1.54, 1.807) is 0 Å². The van der Waals surface area contributed by atoms with Gasteiger partial charge < -0.3 is 14.8 Å². The van der Waals surface area contributed by atoms with E-state index in [9.17, 15) is 4.79 Å². The van der Waals surface area contributed by atoms with Gasteiger partial charge in [-0.05, 0) is 36.8 Å². The predicted octanol–water partition coefficient (Wildman–Crippen LogP) is 3.33. The van der Waals surface area contributed by atoms with Crippen molar-refractivity contribution >= 4 is 21.8 Å². The SMILES string of the molecule is Cc1ccc([C@@H](CN2CCOCC2)NC(=O)COc2ccc(Br)cc2)cc1. The van der Waals surface area contributed by atoms with Crippen LogP contribution in [0.2, 0.25) is 0 Å². The number of aryl methyl sites for hydroxylation is 1. The Morgan fingerprint density at radius 3 is 2.48 bits per heavy atom. The molecule has 1 aliphatic heterocycles. The van der Waals surface area contributed by atoms with Gasteiger partial charge in [-0.3, -0.25) is 9.69 Å². The fraction of sp³-hybridized carbons (Fsp3) is 0.381. The normalized spacial score (nSPS) is 15.9. The molecule has 2 aromatic carbocycles. The Morgan fingerprint density at radius 1 is 1.15 bits per heavy atom. The summed E-state index contributed by atoms with van der Waals surface area (Å²) >= 11 is 3.39. The number of carbonyl (C=O) groups excluding carboxylic acids is 1. The number of morpholine rings is 1. The van der Waals surface area contributed by atoms with Crippen LogP contribution >= 0.6 is 15.9 Å². The second-order valence-corrected chi connectivity index (χ2v) is 7.60. The van der Waals surface area contributed by atoms with Gasteiger partial charge in [-0.1, -0.05) is 45.8 Å². The molecule has 0 bridgehead atoms. The summed E-state index contributed by atoms with van der Waals surface area (Å²) in [5, 5.41) is 3.13. The molecule has 3 rings (SSSR count). The van der Waals surface area contributed by atoms with Crippen molar-refractivity contribution in [1.82, 2.24) is 10.2 Å². The highest BCUT2D eigenvalue weighted by Crippen LogP contribution is 2.18. The number of ether oxygens (including phenoxy) is 2. The lowest BCUT2D eigenvalue weighted by Gasteiger charge is -2.31. The van der Waals surface area contributed by atoms with Gasteiger partial charge in [0, 0.05) is 24.1 Å². The van der Waals surface area contributed by atoms with E-state index in [1.807, 2.05) is 24.3 Å². The number of carbonyl (C=O) groups is 1. The van der Waals surface area contributed by atoms with Crippen LogP contribution in [0.1, 0.15) is 17.2 Å². The number of halogens is 1. The minimum atomic E-state index is -0.128. The van der Waals surface area contributed by atoms with Crippen LogP contribution in [0, 0.1) is 6.92 Å². The van der Waals surface area contributed by atoms with Crippen molar-refractivity contribution in [2.24, 2.45) is 0 Å². The molecule has 144 valence electrons. The third kappa shape index (κ3) is 6.34. The van der Waals surface area contributed by atoms with Gasteiger partial charge in [-0.2, -0.15) is 0 Å². The quantitative estimate of drug-likeness (QED) is 0.728. The number of nitrogens with zero attached hydrogens (tertiary/aromatic N) is 1. The van der Waals surface area contributed by atoms with Gasteiger partial charge in [0.15, 0.2) is 6.61 Å². The average Bonchev–Trinajstić information content (AvgIpc) is 2.68. The molecular weight excluding hydrogens is 408 g/mol. The molecule has 0 saturated carbocycles. The number of benzene rings is 2. The van der Waals surface area contributed by atoms with Gasteiger partial charge in [0.1, 0.15) is 5.75 Å². The van der Waals surface area contributed by atoms with Crippen LogP contribution in [0.3, 0.4) is 0 Å². The summed E-state index contributed by atoms with van der Waals surface area (Å²) in [6.07, 6.45) is 0. The van der Waals surface area contributed by atoms with Crippen molar-refractivity contribution in [2.75, 3.05) is 39.5 Å². The number of hydrogen-bond donors (Lipinski definition) is 1. The van der Waals surface area contributed by atoms with Gasteiger partial charge in [-0.15, -0.1) is 0 Å². The summed E-state index contributed by atoms with van der Waals surface area (Å²) in [6.45, 7) is 6.05. The van der Waals surface area contributed by atoms with Crippen LogP contribution in [0.4, 0.5) is 0 Å². The van der Waals surface area contributed by atoms with Crippen LogP contribution < -0.4 is 10.1 Å². The average molecular weight is 433 g/mol. The van der Waals surface area contributed by atoms with E-state index in [0.29, 0.717) is 5.75 Å². The number of rotatable bonds is 7. The molecule has 0 aliphatic carbocycles. The molecule has 0 unspecified atom stereocenters. The molecular formula is C21H25BrN2O3. The lowest BCUT2D eigenvalue weighted by molar-refractivity contribution is -0.124. The highest BCUT2D eigenvalue weighted by atomic mass is 79.9. The zero-order valence-corrected chi connectivity index (χ0v) is 17.1. The molecule has 1 saturated heterocycles. The summed E-state index contributed by atoms with van der Waals surface area (Å²) < 4.78 is 12.0. The fourth-order valence-electron chi connectivity index (χ4n) is 2.99. The highest BCUT2D eigenvalue weighted by molar-refractivity contribution is 9.10. The van der Waals surface area contributed by atoms with Crippen LogP contribution in [-0.4, -0.2) is 50.3 Å². The van der Waals surface area contributed by atoms with Gasteiger partial charge >= 0.3 is 0 Å². The topological polar surface area (TPSA) is 50.8 Å². The fourth-order valence-corrected chi connectivity index (χ4v) is 3.26. The second kappa shape index (κ2) is 9.88. The zero-order chi connectivity index (χ0) is 19.1. The Morgan fingerprint density at radius 2 is 1.81 bits per heavy atom. The molecule has 6 heteroatoms. The summed E-state index contributed by atoms with van der Waals surface area (Å²) in [5.74, 6) is 0.546. The Labute approximate surface area is 168 Å². The molecule has 2 aromatic rings. The van der Waals surface area contributed by atoms with E-state index in [-0.39, 0.29) is 18.6 Å². The Bertz CT molecular complexity index is 728. The van der Waals surface area contributed by atoms with Crippen molar-refractivity contribution in [2.45, 2.75) is 13.0 Å². The minimum absolute atomic E-state index is 0.00684. The number of hydrogen-bond acceptors (Lipinski definition) is 4. The first kappa shape index (κ1) is 19.9. The minimum Gasteiger partial charge on any atom is -0.484 e. The Balaban J connectivity index is 1.61. The molecule has 0 spiro atoms. The van der Waals surface area contributed by atoms with E-state index in [2.05, 4.69) is 57.3 Å². The largest absolute Gasteiger partial charge is 0.484 e. The Hall–Kier alpha value is -1.89. The van der Waals surface area contributed by atoms with Crippen molar-refractivity contribution in [1.29, 1.82) is 0 Å². The van der Waals surface area contributed by atoms with E-state index in [4.69, 9.17) is 9.47 Å². The molecule has 1 amide bonds. The van der Waals surface area contributed by atoms with Crippen LogP contribution in [0.25, 0.3) is 0 Å². The first-order chi connectivity index (χ1) is 13.1. The van der Waals surface area contributed by atoms with E-state index in [1.165, 1.54) is 5.56 Å². The van der Waals surface area contributed by atoms with Gasteiger partial charge in [0.05, 0.1) is 19.3 Å². The first-order valence-corrected chi connectivity index (χ1v) is 9.94. The van der Waals surface area contributed by atoms with E-state index >= 15 is 0 Å². The molecule has 1 N–H and O–H groups in total. The first-order valence-electron chi connectivity index (χ1n) is 9.14. The lowest BCUT2D eigenvalue weighted by Crippen LogP contribution is -2.44. The molecule has 1 atom stereocenters. The number of nitrogens with one attached hydrogen (secondary N) is 1. The molecule has 27 heavy (non-hydrogen) atoms. The summed E-state index contributed by atoms with van der Waals surface area (Å²) in [5.41, 5.74) is 2.30.